The van der Waals surface area contributed by atoms with Crippen molar-refractivity contribution in [1.29, 1.82) is 0 Å². The van der Waals surface area contributed by atoms with Gasteiger partial charge >= 0.3 is 0 Å². The van der Waals surface area contributed by atoms with Crippen LogP contribution in [0.1, 0.15) is 22.8 Å². The fourth-order valence-electron chi connectivity index (χ4n) is 3.03. The number of nitrogens with one attached hydrogen (secondary N) is 1. The molecule has 1 aromatic heterocycles. The van der Waals surface area contributed by atoms with Gasteiger partial charge in [-0.05, 0) is 35.4 Å². The largest absolute Gasteiger partial charge is 0.325 e. The van der Waals surface area contributed by atoms with Crippen molar-refractivity contribution in [1.82, 2.24) is 0 Å². The summed E-state index contributed by atoms with van der Waals surface area (Å²) in [7, 11) is 0. The van der Waals surface area contributed by atoms with E-state index >= 15 is 0 Å². The molecule has 2 heterocycles. The fourth-order valence-corrected chi connectivity index (χ4v) is 4.32. The Morgan fingerprint density at radius 3 is 2.50 bits per heavy atom. The van der Waals surface area contributed by atoms with Crippen LogP contribution in [0.2, 0.25) is 5.02 Å². The minimum Gasteiger partial charge on any atom is -0.325 e. The lowest BCUT2D eigenvalue weighted by molar-refractivity contribution is -0.116. The average Bonchev–Trinajstić information content (AvgIpc) is 2.99. The first kappa shape index (κ1) is 15.4. The summed E-state index contributed by atoms with van der Waals surface area (Å²) in [4.78, 5) is 13.3. The van der Waals surface area contributed by atoms with Crippen LogP contribution in [0.25, 0.3) is 11.1 Å². The normalized spacial score (nSPS) is 16.6. The first-order chi connectivity index (χ1) is 11.6. The number of hydrogen-bond acceptors (Lipinski definition) is 2. The highest BCUT2D eigenvalue weighted by molar-refractivity contribution is 7.11. The van der Waals surface area contributed by atoms with Crippen LogP contribution in [0, 0.1) is 5.82 Å². The summed E-state index contributed by atoms with van der Waals surface area (Å²) < 4.78 is 13.2. The predicted molar refractivity (Wildman–Crippen MR) is 96.3 cm³/mol. The van der Waals surface area contributed by atoms with Gasteiger partial charge in [0.05, 0.1) is 5.69 Å². The monoisotopic (exact) mass is 357 g/mol. The lowest BCUT2D eigenvalue weighted by Crippen LogP contribution is -2.22. The highest BCUT2D eigenvalue weighted by atomic mass is 35.5. The second-order valence-corrected chi connectivity index (χ2v) is 7.10. The van der Waals surface area contributed by atoms with E-state index in [4.69, 9.17) is 11.6 Å². The van der Waals surface area contributed by atoms with Gasteiger partial charge in [-0.25, -0.2) is 4.39 Å². The third-order valence-electron chi connectivity index (χ3n) is 4.22. The molecule has 24 heavy (non-hydrogen) atoms. The van der Waals surface area contributed by atoms with Crippen molar-refractivity contribution in [2.75, 3.05) is 5.32 Å². The van der Waals surface area contributed by atoms with Gasteiger partial charge in [0.2, 0.25) is 5.91 Å². The highest BCUT2D eigenvalue weighted by Gasteiger charge is 2.30. The van der Waals surface area contributed by atoms with Gasteiger partial charge in [0.1, 0.15) is 5.82 Å². The van der Waals surface area contributed by atoms with Crippen LogP contribution in [0.5, 0.6) is 0 Å². The number of hydrogen-bond donors (Lipinski definition) is 1. The summed E-state index contributed by atoms with van der Waals surface area (Å²) in [6.07, 6.45) is 0.374. The molecule has 1 atom stereocenters. The van der Waals surface area contributed by atoms with Crippen LogP contribution in [-0.2, 0) is 4.79 Å². The molecule has 0 unspecified atom stereocenters. The van der Waals surface area contributed by atoms with Gasteiger partial charge in [-0.15, -0.1) is 11.3 Å². The zero-order chi connectivity index (χ0) is 16.7. The van der Waals surface area contributed by atoms with Crippen LogP contribution in [-0.4, -0.2) is 5.91 Å². The van der Waals surface area contributed by atoms with Crippen LogP contribution in [0.3, 0.4) is 0 Å². The predicted octanol–water partition coefficient (Wildman–Crippen LogP) is 5.68. The van der Waals surface area contributed by atoms with E-state index in [2.05, 4.69) is 10.7 Å². The SMILES string of the molecule is O=C1C[C@@H](c2ccc(F)cc2)c2scc(-c3ccc(Cl)cc3)c2N1. The number of anilines is 1. The van der Waals surface area contributed by atoms with Gasteiger partial charge in [-0.3, -0.25) is 4.79 Å². The molecule has 0 saturated carbocycles. The van der Waals surface area contributed by atoms with E-state index < -0.39 is 0 Å². The van der Waals surface area contributed by atoms with Crippen molar-refractivity contribution >= 4 is 34.5 Å². The number of amides is 1. The lowest BCUT2D eigenvalue weighted by atomic mass is 9.89. The number of carbonyl (C=O) groups is 1. The van der Waals surface area contributed by atoms with Crippen molar-refractivity contribution < 1.29 is 9.18 Å². The number of halogens is 2. The Bertz CT molecular complexity index is 902. The number of fused-ring (bicyclic) bond motifs is 1. The van der Waals surface area contributed by atoms with Crippen LogP contribution >= 0.6 is 22.9 Å². The molecule has 1 N–H and O–H groups in total. The average molecular weight is 358 g/mol. The Labute approximate surface area is 147 Å². The zero-order valence-electron chi connectivity index (χ0n) is 12.6. The third kappa shape index (κ3) is 2.72. The second kappa shape index (κ2) is 6.04. The Balaban J connectivity index is 1.80. The summed E-state index contributed by atoms with van der Waals surface area (Å²) in [5.41, 5.74) is 3.81. The number of thiophene rings is 1. The van der Waals surface area contributed by atoms with Gasteiger partial charge in [0.25, 0.3) is 0 Å². The molecular formula is C19H13ClFNOS. The topological polar surface area (TPSA) is 29.1 Å². The maximum absolute atomic E-state index is 13.2. The Morgan fingerprint density at radius 1 is 1.08 bits per heavy atom. The van der Waals surface area contributed by atoms with E-state index in [-0.39, 0.29) is 17.6 Å². The highest BCUT2D eigenvalue weighted by Crippen LogP contribution is 2.46. The molecule has 0 aliphatic carbocycles. The fraction of sp³-hybridized carbons (Fsp3) is 0.105. The molecule has 120 valence electrons. The molecule has 1 amide bonds. The van der Waals surface area contributed by atoms with E-state index in [0.717, 1.165) is 27.3 Å². The first-order valence-corrected chi connectivity index (χ1v) is 8.80. The molecule has 1 aliphatic heterocycles. The van der Waals surface area contributed by atoms with Gasteiger partial charge in [0, 0.05) is 33.2 Å². The van der Waals surface area contributed by atoms with Gasteiger partial charge in [-0.1, -0.05) is 35.9 Å². The van der Waals surface area contributed by atoms with E-state index in [1.807, 2.05) is 24.3 Å². The Kier molecular flexibility index (Phi) is 3.87. The van der Waals surface area contributed by atoms with E-state index in [0.29, 0.717) is 11.4 Å². The smallest absolute Gasteiger partial charge is 0.225 e. The molecule has 5 heteroatoms. The third-order valence-corrected chi connectivity index (χ3v) is 5.57. The van der Waals surface area contributed by atoms with E-state index in [1.165, 1.54) is 12.1 Å². The molecule has 0 saturated heterocycles. The molecule has 0 spiro atoms. The Morgan fingerprint density at radius 2 is 1.79 bits per heavy atom. The van der Waals surface area contributed by atoms with Crippen molar-refractivity contribution in [2.45, 2.75) is 12.3 Å². The van der Waals surface area contributed by atoms with Crippen LogP contribution in [0.4, 0.5) is 10.1 Å². The van der Waals surface area contributed by atoms with Gasteiger partial charge in [0.15, 0.2) is 0 Å². The summed E-state index contributed by atoms with van der Waals surface area (Å²) in [5.74, 6) is -0.335. The maximum atomic E-state index is 13.2. The minimum absolute atomic E-state index is 0.0227. The first-order valence-electron chi connectivity index (χ1n) is 7.54. The molecule has 0 radical (unpaired) electrons. The summed E-state index contributed by atoms with van der Waals surface area (Å²) in [6.45, 7) is 0. The molecule has 0 bridgehead atoms. The van der Waals surface area contributed by atoms with Crippen molar-refractivity contribution in [3.8, 4) is 11.1 Å². The number of rotatable bonds is 2. The standard InChI is InChI=1S/C19H13ClFNOS/c20-13-5-1-12(2-6-13)16-10-24-19-15(9-17(23)22-18(16)19)11-3-7-14(21)8-4-11/h1-8,10,15H,9H2,(H,22,23)/t15-/m0/s1. The van der Waals surface area contributed by atoms with Crippen LogP contribution in [0.15, 0.2) is 53.9 Å². The molecule has 2 aromatic carbocycles. The van der Waals surface area contributed by atoms with Gasteiger partial charge in [-0.2, -0.15) is 0 Å². The molecule has 4 rings (SSSR count). The van der Waals surface area contributed by atoms with E-state index in [1.54, 1.807) is 23.5 Å². The summed E-state index contributed by atoms with van der Waals surface area (Å²) >= 11 is 7.58. The van der Waals surface area contributed by atoms with Crippen molar-refractivity contribution in [2.24, 2.45) is 0 Å². The van der Waals surface area contributed by atoms with Gasteiger partial charge < -0.3 is 5.32 Å². The molecule has 1 aliphatic rings. The molecule has 3 aromatic rings. The van der Waals surface area contributed by atoms with Crippen LogP contribution < -0.4 is 5.32 Å². The number of carbonyl (C=O) groups excluding carboxylic acids is 1. The summed E-state index contributed by atoms with van der Waals surface area (Å²) in [5, 5.41) is 5.73. The number of benzene rings is 2. The molecular weight excluding hydrogens is 345 g/mol. The molecule has 0 fully saturated rings. The lowest BCUT2D eigenvalue weighted by Gasteiger charge is -2.24. The Hall–Kier alpha value is -2.17. The minimum atomic E-state index is -0.271. The van der Waals surface area contributed by atoms with Crippen molar-refractivity contribution in [3.63, 3.8) is 0 Å². The van der Waals surface area contributed by atoms with E-state index in [9.17, 15) is 9.18 Å². The molecule has 2 nitrogen and oxygen atoms in total. The summed E-state index contributed by atoms with van der Waals surface area (Å²) in [6, 6.07) is 13.9. The zero-order valence-corrected chi connectivity index (χ0v) is 14.1. The quantitative estimate of drug-likeness (QED) is 0.628. The second-order valence-electron chi connectivity index (χ2n) is 5.75. The maximum Gasteiger partial charge on any atom is 0.225 e. The van der Waals surface area contributed by atoms with Crippen molar-refractivity contribution in [3.05, 3.63) is 75.2 Å².